The molecule has 0 unspecified atom stereocenters. The van der Waals surface area contributed by atoms with Crippen LogP contribution in [-0.4, -0.2) is 27.3 Å². The minimum absolute atomic E-state index is 0.134. The molecule has 28 heavy (non-hydrogen) atoms. The van der Waals surface area contributed by atoms with Crippen molar-refractivity contribution in [1.29, 1.82) is 0 Å². The molecule has 1 saturated carbocycles. The number of aromatic amines is 2. The molecule has 0 bridgehead atoms. The van der Waals surface area contributed by atoms with Crippen molar-refractivity contribution in [2.24, 2.45) is 5.92 Å². The van der Waals surface area contributed by atoms with Crippen LogP contribution >= 0.6 is 11.6 Å². The summed E-state index contributed by atoms with van der Waals surface area (Å²) in [4.78, 5) is 27.8. The molecule has 1 aliphatic carbocycles. The third-order valence-electron chi connectivity index (χ3n) is 4.55. The van der Waals surface area contributed by atoms with Crippen molar-refractivity contribution in [2.75, 3.05) is 7.11 Å². The van der Waals surface area contributed by atoms with Crippen molar-refractivity contribution in [2.45, 2.75) is 12.3 Å². The van der Waals surface area contributed by atoms with Gasteiger partial charge in [0, 0.05) is 23.6 Å². The summed E-state index contributed by atoms with van der Waals surface area (Å²) in [5.41, 5.74) is 1.18. The molecule has 0 aliphatic heterocycles. The molecule has 2 atom stereocenters. The molecule has 3 aromatic rings. The highest BCUT2D eigenvalue weighted by Crippen LogP contribution is 2.49. The molecule has 0 amide bonds. The predicted molar refractivity (Wildman–Crippen MR) is 104 cm³/mol. The first-order valence-corrected chi connectivity index (χ1v) is 8.94. The SMILES string of the molecule is COc1ccc(C#C[C@H]2C[C@@H]2c2cc(-c3c[nH]c(=O)[nH]c3=O)nnc2Cl)cc1. The zero-order valence-corrected chi connectivity index (χ0v) is 15.6. The Bertz CT molecular complexity index is 1200. The van der Waals surface area contributed by atoms with Gasteiger partial charge in [0.05, 0.1) is 12.7 Å². The maximum Gasteiger partial charge on any atom is 0.325 e. The number of ether oxygens (including phenoxy) is 1. The van der Waals surface area contributed by atoms with Crippen molar-refractivity contribution < 1.29 is 4.74 Å². The molecule has 140 valence electrons. The zero-order valence-electron chi connectivity index (χ0n) is 14.8. The summed E-state index contributed by atoms with van der Waals surface area (Å²) in [5.74, 6) is 7.49. The smallest absolute Gasteiger partial charge is 0.325 e. The van der Waals surface area contributed by atoms with Gasteiger partial charge in [-0.25, -0.2) is 4.79 Å². The Balaban J connectivity index is 1.56. The average Bonchev–Trinajstić information content (AvgIpc) is 3.47. The van der Waals surface area contributed by atoms with E-state index in [0.717, 1.165) is 23.3 Å². The largest absolute Gasteiger partial charge is 0.497 e. The van der Waals surface area contributed by atoms with Crippen molar-refractivity contribution >= 4 is 11.6 Å². The summed E-state index contributed by atoms with van der Waals surface area (Å²) in [6, 6.07) is 9.28. The van der Waals surface area contributed by atoms with Crippen LogP contribution in [-0.2, 0) is 0 Å². The Hall–Kier alpha value is -3.37. The second-order valence-electron chi connectivity index (χ2n) is 6.41. The van der Waals surface area contributed by atoms with E-state index in [1.807, 2.05) is 24.3 Å². The number of nitrogens with one attached hydrogen (secondary N) is 2. The third kappa shape index (κ3) is 3.68. The topological polar surface area (TPSA) is 101 Å². The first kappa shape index (κ1) is 18.0. The second-order valence-corrected chi connectivity index (χ2v) is 6.77. The Kier molecular flexibility index (Phi) is 4.72. The number of hydrogen-bond acceptors (Lipinski definition) is 5. The Morgan fingerprint density at radius 1 is 1.21 bits per heavy atom. The minimum atomic E-state index is -0.577. The molecule has 4 rings (SSSR count). The van der Waals surface area contributed by atoms with E-state index in [1.54, 1.807) is 13.2 Å². The molecule has 7 nitrogen and oxygen atoms in total. The van der Waals surface area contributed by atoms with Gasteiger partial charge >= 0.3 is 5.69 Å². The van der Waals surface area contributed by atoms with Gasteiger partial charge in [-0.15, -0.1) is 10.2 Å². The highest BCUT2D eigenvalue weighted by molar-refractivity contribution is 6.30. The number of H-pyrrole nitrogens is 2. The number of halogens is 1. The highest BCUT2D eigenvalue weighted by atomic mass is 35.5. The number of rotatable bonds is 3. The lowest BCUT2D eigenvalue weighted by Crippen LogP contribution is -2.23. The monoisotopic (exact) mass is 394 g/mol. The van der Waals surface area contributed by atoms with Crippen LogP contribution in [0.15, 0.2) is 46.1 Å². The molecule has 2 heterocycles. The molecule has 1 aromatic carbocycles. The lowest BCUT2D eigenvalue weighted by Gasteiger charge is -2.04. The minimum Gasteiger partial charge on any atom is -0.497 e. The summed E-state index contributed by atoms with van der Waals surface area (Å²) >= 11 is 6.22. The van der Waals surface area contributed by atoms with Gasteiger partial charge in [-0.1, -0.05) is 23.4 Å². The fraction of sp³-hybridized carbons (Fsp3) is 0.200. The quantitative estimate of drug-likeness (QED) is 0.664. The van der Waals surface area contributed by atoms with Crippen molar-refractivity contribution in [3.8, 4) is 28.8 Å². The van der Waals surface area contributed by atoms with E-state index in [9.17, 15) is 9.59 Å². The van der Waals surface area contributed by atoms with Crippen LogP contribution in [0.4, 0.5) is 0 Å². The molecule has 1 fully saturated rings. The van der Waals surface area contributed by atoms with Gasteiger partial charge in [0.25, 0.3) is 5.56 Å². The number of nitrogens with zero attached hydrogens (tertiary/aromatic N) is 2. The molecular weight excluding hydrogens is 380 g/mol. The lowest BCUT2D eigenvalue weighted by molar-refractivity contribution is 0.415. The van der Waals surface area contributed by atoms with Crippen molar-refractivity contribution in [3.63, 3.8) is 0 Å². The summed E-state index contributed by atoms with van der Waals surface area (Å²) in [6.45, 7) is 0. The van der Waals surface area contributed by atoms with Crippen LogP contribution in [0.2, 0.25) is 5.15 Å². The number of methoxy groups -OCH3 is 1. The fourth-order valence-electron chi connectivity index (χ4n) is 2.93. The molecule has 0 spiro atoms. The van der Waals surface area contributed by atoms with Crippen LogP contribution in [0.1, 0.15) is 23.5 Å². The Morgan fingerprint density at radius 2 is 2.00 bits per heavy atom. The van der Waals surface area contributed by atoms with E-state index < -0.39 is 11.2 Å². The zero-order chi connectivity index (χ0) is 19.7. The molecule has 2 aromatic heterocycles. The number of benzene rings is 1. The molecule has 2 N–H and O–H groups in total. The number of hydrogen-bond donors (Lipinski definition) is 2. The van der Waals surface area contributed by atoms with E-state index in [2.05, 4.69) is 32.0 Å². The van der Waals surface area contributed by atoms with Gasteiger partial charge < -0.3 is 9.72 Å². The first-order valence-electron chi connectivity index (χ1n) is 8.56. The van der Waals surface area contributed by atoms with Gasteiger partial charge in [0.1, 0.15) is 11.4 Å². The molecule has 8 heteroatoms. The summed E-state index contributed by atoms with van der Waals surface area (Å²) < 4.78 is 5.14. The summed E-state index contributed by atoms with van der Waals surface area (Å²) in [6.07, 6.45) is 2.17. The standard InChI is InChI=1S/C20H15ClN4O3/c1-28-13-6-3-11(4-7-13)2-5-12-8-14(12)15-9-17(24-25-18(15)21)16-10-22-20(27)23-19(16)26/h3-4,6-7,9-10,12,14H,8H2,1H3,(H2,22,23,26,27)/t12-,14-/m0/s1. The van der Waals surface area contributed by atoms with E-state index in [4.69, 9.17) is 16.3 Å². The molecule has 0 saturated heterocycles. The van der Waals surface area contributed by atoms with Gasteiger partial charge in [-0.05, 0) is 42.3 Å². The Labute approximate surface area is 164 Å². The first-order chi connectivity index (χ1) is 13.5. The highest BCUT2D eigenvalue weighted by Gasteiger charge is 2.39. The van der Waals surface area contributed by atoms with Crippen LogP contribution in [0.5, 0.6) is 5.75 Å². The number of aromatic nitrogens is 4. The third-order valence-corrected chi connectivity index (χ3v) is 4.85. The van der Waals surface area contributed by atoms with Crippen LogP contribution < -0.4 is 16.0 Å². The van der Waals surface area contributed by atoms with Gasteiger partial charge in [0.2, 0.25) is 0 Å². The van der Waals surface area contributed by atoms with Crippen LogP contribution in [0, 0.1) is 17.8 Å². The van der Waals surface area contributed by atoms with Gasteiger partial charge in [-0.2, -0.15) is 0 Å². The normalized spacial score (nSPS) is 17.5. The second kappa shape index (κ2) is 7.33. The van der Waals surface area contributed by atoms with E-state index in [1.165, 1.54) is 6.20 Å². The maximum absolute atomic E-state index is 12.0. The van der Waals surface area contributed by atoms with E-state index in [0.29, 0.717) is 10.8 Å². The van der Waals surface area contributed by atoms with Crippen molar-refractivity contribution in [3.05, 3.63) is 73.6 Å². The van der Waals surface area contributed by atoms with E-state index in [-0.39, 0.29) is 17.4 Å². The van der Waals surface area contributed by atoms with Gasteiger partial charge in [0.15, 0.2) is 5.15 Å². The molecule has 1 aliphatic rings. The molecule has 0 radical (unpaired) electrons. The lowest BCUT2D eigenvalue weighted by atomic mass is 10.1. The van der Waals surface area contributed by atoms with E-state index >= 15 is 0 Å². The predicted octanol–water partition coefficient (Wildman–Crippen LogP) is 2.34. The summed E-state index contributed by atoms with van der Waals surface area (Å²) in [7, 11) is 1.62. The van der Waals surface area contributed by atoms with Crippen molar-refractivity contribution in [1.82, 2.24) is 20.2 Å². The molecular formula is C20H15ClN4O3. The maximum atomic E-state index is 12.0. The van der Waals surface area contributed by atoms with Crippen LogP contribution in [0.3, 0.4) is 0 Å². The summed E-state index contributed by atoms with van der Waals surface area (Å²) in [5, 5.41) is 8.23. The Morgan fingerprint density at radius 3 is 2.71 bits per heavy atom. The fourth-order valence-corrected chi connectivity index (χ4v) is 3.16. The van der Waals surface area contributed by atoms with Crippen LogP contribution in [0.25, 0.3) is 11.3 Å². The average molecular weight is 395 g/mol. The van der Waals surface area contributed by atoms with Gasteiger partial charge in [-0.3, -0.25) is 9.78 Å².